The zero-order valence-electron chi connectivity index (χ0n) is 13.3. The van der Waals surface area contributed by atoms with Crippen LogP contribution in [0.25, 0.3) is 0 Å². The highest BCUT2D eigenvalue weighted by Gasteiger charge is 2.31. The molecular formula is C18H23FN2O2. The average Bonchev–Trinajstić information content (AvgIpc) is 3.10. The smallest absolute Gasteiger partial charge is 0.225 e. The summed E-state index contributed by atoms with van der Waals surface area (Å²) in [5.41, 5.74) is 0.774. The second-order valence-corrected chi connectivity index (χ2v) is 6.73. The molecule has 1 aromatic carbocycles. The van der Waals surface area contributed by atoms with Crippen LogP contribution in [0.3, 0.4) is 0 Å². The fourth-order valence-electron chi connectivity index (χ4n) is 3.64. The zero-order valence-corrected chi connectivity index (χ0v) is 13.3. The van der Waals surface area contributed by atoms with Gasteiger partial charge in [0.05, 0.1) is 6.04 Å². The van der Waals surface area contributed by atoms with Gasteiger partial charge in [-0.2, -0.15) is 0 Å². The Morgan fingerprint density at radius 1 is 1.30 bits per heavy atom. The number of benzene rings is 1. The van der Waals surface area contributed by atoms with Crippen molar-refractivity contribution in [1.82, 2.24) is 10.2 Å². The van der Waals surface area contributed by atoms with E-state index < -0.39 is 0 Å². The van der Waals surface area contributed by atoms with Crippen LogP contribution in [0.4, 0.5) is 4.39 Å². The van der Waals surface area contributed by atoms with Crippen LogP contribution in [0.2, 0.25) is 0 Å². The van der Waals surface area contributed by atoms with Gasteiger partial charge in [-0.25, -0.2) is 4.39 Å². The molecule has 1 aliphatic carbocycles. The summed E-state index contributed by atoms with van der Waals surface area (Å²) in [7, 11) is 0. The molecule has 23 heavy (non-hydrogen) atoms. The van der Waals surface area contributed by atoms with Crippen LogP contribution in [-0.2, 0) is 16.1 Å². The maximum atomic E-state index is 13.2. The number of amides is 2. The van der Waals surface area contributed by atoms with Gasteiger partial charge in [-0.05, 0) is 36.5 Å². The summed E-state index contributed by atoms with van der Waals surface area (Å²) in [6.07, 6.45) is 5.65. The molecule has 1 N–H and O–H groups in total. The van der Waals surface area contributed by atoms with E-state index in [0.29, 0.717) is 31.8 Å². The maximum absolute atomic E-state index is 13.2. The molecule has 1 saturated heterocycles. The third kappa shape index (κ3) is 4.30. The van der Waals surface area contributed by atoms with Gasteiger partial charge in [0.15, 0.2) is 0 Å². The molecule has 1 heterocycles. The molecule has 0 radical (unpaired) electrons. The lowest BCUT2D eigenvalue weighted by atomic mass is 10.0. The summed E-state index contributed by atoms with van der Waals surface area (Å²) in [5, 5.41) is 2.99. The molecule has 124 valence electrons. The van der Waals surface area contributed by atoms with Crippen molar-refractivity contribution in [3.8, 4) is 0 Å². The molecule has 5 heteroatoms. The third-order valence-corrected chi connectivity index (χ3v) is 4.79. The van der Waals surface area contributed by atoms with E-state index in [0.717, 1.165) is 18.4 Å². The van der Waals surface area contributed by atoms with Crippen LogP contribution >= 0.6 is 0 Å². The minimum Gasteiger partial charge on any atom is -0.351 e. The fourth-order valence-corrected chi connectivity index (χ4v) is 3.64. The number of halogens is 1. The number of carbonyl (C=O) groups is 2. The second-order valence-electron chi connectivity index (χ2n) is 6.73. The maximum Gasteiger partial charge on any atom is 0.225 e. The molecule has 0 unspecified atom stereocenters. The topological polar surface area (TPSA) is 49.4 Å². The highest BCUT2D eigenvalue weighted by molar-refractivity contribution is 5.82. The van der Waals surface area contributed by atoms with Crippen molar-refractivity contribution in [2.24, 2.45) is 5.92 Å². The third-order valence-electron chi connectivity index (χ3n) is 4.79. The zero-order chi connectivity index (χ0) is 16.2. The van der Waals surface area contributed by atoms with Crippen molar-refractivity contribution in [1.29, 1.82) is 0 Å². The minimum atomic E-state index is -0.296. The average molecular weight is 318 g/mol. The van der Waals surface area contributed by atoms with Gasteiger partial charge in [0.1, 0.15) is 5.82 Å². The predicted octanol–water partition coefficient (Wildman–Crippen LogP) is 2.62. The molecule has 1 aromatic rings. The van der Waals surface area contributed by atoms with E-state index in [-0.39, 0.29) is 23.7 Å². The van der Waals surface area contributed by atoms with Crippen molar-refractivity contribution in [3.05, 3.63) is 35.6 Å². The SMILES string of the molecule is O=C(CC1CCCC1)N[C@@H]1CC(=O)N(Cc2cccc(F)c2)C1. The molecule has 0 aromatic heterocycles. The minimum absolute atomic E-state index is 0.0143. The molecule has 4 nitrogen and oxygen atoms in total. The molecular weight excluding hydrogens is 295 g/mol. The Labute approximate surface area is 136 Å². The van der Waals surface area contributed by atoms with E-state index in [1.54, 1.807) is 11.0 Å². The Morgan fingerprint density at radius 3 is 2.83 bits per heavy atom. The van der Waals surface area contributed by atoms with Crippen molar-refractivity contribution in [2.75, 3.05) is 6.54 Å². The van der Waals surface area contributed by atoms with E-state index in [2.05, 4.69) is 5.32 Å². The van der Waals surface area contributed by atoms with Gasteiger partial charge >= 0.3 is 0 Å². The van der Waals surface area contributed by atoms with Crippen molar-refractivity contribution < 1.29 is 14.0 Å². The molecule has 2 fully saturated rings. The predicted molar refractivity (Wildman–Crippen MR) is 84.9 cm³/mol. The van der Waals surface area contributed by atoms with E-state index >= 15 is 0 Å². The van der Waals surface area contributed by atoms with Crippen molar-refractivity contribution in [2.45, 2.75) is 51.1 Å². The Balaban J connectivity index is 1.49. The molecule has 2 amide bonds. The summed E-state index contributed by atoms with van der Waals surface area (Å²) in [6, 6.07) is 6.17. The lowest BCUT2D eigenvalue weighted by molar-refractivity contribution is -0.128. The van der Waals surface area contributed by atoms with Gasteiger partial charge in [-0.3, -0.25) is 9.59 Å². The lowest BCUT2D eigenvalue weighted by Crippen LogP contribution is -2.37. The summed E-state index contributed by atoms with van der Waals surface area (Å²) in [6.45, 7) is 0.900. The number of nitrogens with zero attached hydrogens (tertiary/aromatic N) is 1. The molecule has 3 rings (SSSR count). The van der Waals surface area contributed by atoms with Gasteiger partial charge in [-0.15, -0.1) is 0 Å². The van der Waals surface area contributed by atoms with E-state index in [4.69, 9.17) is 0 Å². The molecule has 1 atom stereocenters. The first-order valence-electron chi connectivity index (χ1n) is 8.42. The molecule has 2 aliphatic rings. The monoisotopic (exact) mass is 318 g/mol. The number of hydrogen-bond donors (Lipinski definition) is 1. The summed E-state index contributed by atoms with van der Waals surface area (Å²) >= 11 is 0. The quantitative estimate of drug-likeness (QED) is 0.907. The first-order chi connectivity index (χ1) is 11.1. The normalized spacial score (nSPS) is 21.9. The molecule has 1 saturated carbocycles. The van der Waals surface area contributed by atoms with E-state index in [1.165, 1.54) is 25.0 Å². The Hall–Kier alpha value is -1.91. The van der Waals surface area contributed by atoms with Crippen LogP contribution in [0.1, 0.15) is 44.1 Å². The van der Waals surface area contributed by atoms with E-state index in [9.17, 15) is 14.0 Å². The van der Waals surface area contributed by atoms with E-state index in [1.807, 2.05) is 6.07 Å². The molecule has 1 aliphatic heterocycles. The van der Waals surface area contributed by atoms with Crippen LogP contribution in [0, 0.1) is 11.7 Å². The molecule has 0 spiro atoms. The van der Waals surface area contributed by atoms with Gasteiger partial charge < -0.3 is 10.2 Å². The summed E-state index contributed by atoms with van der Waals surface area (Å²) in [4.78, 5) is 25.9. The lowest BCUT2D eigenvalue weighted by Gasteiger charge is -2.18. The van der Waals surface area contributed by atoms with Gasteiger partial charge in [0.2, 0.25) is 11.8 Å². The van der Waals surface area contributed by atoms with Crippen molar-refractivity contribution >= 4 is 11.8 Å². The number of hydrogen-bond acceptors (Lipinski definition) is 2. The van der Waals surface area contributed by atoms with Crippen LogP contribution in [0.5, 0.6) is 0 Å². The first-order valence-corrected chi connectivity index (χ1v) is 8.42. The Kier molecular flexibility index (Phi) is 4.94. The number of rotatable bonds is 5. The number of nitrogens with one attached hydrogen (secondary N) is 1. The van der Waals surface area contributed by atoms with Crippen LogP contribution in [-0.4, -0.2) is 29.3 Å². The second kappa shape index (κ2) is 7.11. The number of likely N-dealkylation sites (tertiary alicyclic amines) is 1. The first kappa shape index (κ1) is 16.0. The van der Waals surface area contributed by atoms with Crippen molar-refractivity contribution in [3.63, 3.8) is 0 Å². The fraction of sp³-hybridized carbons (Fsp3) is 0.556. The number of carbonyl (C=O) groups excluding carboxylic acids is 2. The summed E-state index contributed by atoms with van der Waals surface area (Å²) < 4.78 is 13.2. The largest absolute Gasteiger partial charge is 0.351 e. The van der Waals surface area contributed by atoms with Gasteiger partial charge in [0, 0.05) is 25.9 Å². The highest BCUT2D eigenvalue weighted by atomic mass is 19.1. The highest BCUT2D eigenvalue weighted by Crippen LogP contribution is 2.27. The molecule has 0 bridgehead atoms. The van der Waals surface area contributed by atoms with Gasteiger partial charge in [-0.1, -0.05) is 25.0 Å². The van der Waals surface area contributed by atoms with Crippen LogP contribution < -0.4 is 5.32 Å². The van der Waals surface area contributed by atoms with Gasteiger partial charge in [0.25, 0.3) is 0 Å². The Morgan fingerprint density at radius 2 is 2.09 bits per heavy atom. The standard InChI is InChI=1S/C18H23FN2O2/c19-15-7-3-6-14(8-15)11-21-12-16(10-18(21)23)20-17(22)9-13-4-1-2-5-13/h3,6-8,13,16H,1-2,4-5,9-12H2,(H,20,22)/t16-/m1/s1. The summed E-state index contributed by atoms with van der Waals surface area (Å²) in [5.74, 6) is 0.286. The van der Waals surface area contributed by atoms with Crippen LogP contribution in [0.15, 0.2) is 24.3 Å². The Bertz CT molecular complexity index is 584.